The van der Waals surface area contributed by atoms with Crippen LogP contribution in [0.4, 0.5) is 10.9 Å². The third-order valence-electron chi connectivity index (χ3n) is 6.01. The number of nitrogens with one attached hydrogen (secondary N) is 2. The summed E-state index contributed by atoms with van der Waals surface area (Å²) in [5.41, 5.74) is 0.785. The summed E-state index contributed by atoms with van der Waals surface area (Å²) in [5, 5.41) is 12.7. The van der Waals surface area contributed by atoms with E-state index >= 15 is 0 Å². The smallest absolute Gasteiger partial charge is 0.350 e. The molecule has 5 rings (SSSR count). The number of nitrogens with zero attached hydrogens (tertiary/aromatic N) is 4. The van der Waals surface area contributed by atoms with Gasteiger partial charge < -0.3 is 19.9 Å². The van der Waals surface area contributed by atoms with Crippen LogP contribution in [0, 0.1) is 19.8 Å². The van der Waals surface area contributed by atoms with E-state index < -0.39 is 11.6 Å². The van der Waals surface area contributed by atoms with Crippen LogP contribution in [0.5, 0.6) is 0 Å². The minimum atomic E-state index is -0.600. The molecule has 3 aromatic heterocycles. The van der Waals surface area contributed by atoms with Crippen molar-refractivity contribution in [3.63, 3.8) is 0 Å². The first-order valence-electron chi connectivity index (χ1n) is 12.0. The highest BCUT2D eigenvalue weighted by Crippen LogP contribution is 2.34. The Labute approximate surface area is 217 Å². The van der Waals surface area contributed by atoms with Crippen LogP contribution in [0.15, 0.2) is 35.0 Å². The van der Waals surface area contributed by atoms with Crippen molar-refractivity contribution in [2.24, 2.45) is 5.92 Å². The Morgan fingerprint density at radius 3 is 2.62 bits per heavy atom. The summed E-state index contributed by atoms with van der Waals surface area (Å²) in [6.45, 7) is 8.92. The lowest BCUT2D eigenvalue weighted by Crippen LogP contribution is -2.42. The van der Waals surface area contributed by atoms with Gasteiger partial charge in [0.25, 0.3) is 0 Å². The van der Waals surface area contributed by atoms with Gasteiger partial charge in [0.2, 0.25) is 17.6 Å². The van der Waals surface area contributed by atoms with Gasteiger partial charge in [0.15, 0.2) is 5.13 Å². The number of hydrogen-bond donors (Lipinski definition) is 2. The standard InChI is InChI=1S/C26H28N6O4S/c1-13-20(24(34)35-26(3,4)5)37-25(28-13)31-23(33)17-10-18(11-17)30-22-19-12-16(21-29-14(2)36-32-21)7-6-15(19)8-9-27-22/h6-9,12,17-18H,10-11H2,1-5H3,(H,27,30)(H,28,31,33). The van der Waals surface area contributed by atoms with Crippen LogP contribution in [0.3, 0.4) is 0 Å². The minimum absolute atomic E-state index is 0.108. The van der Waals surface area contributed by atoms with Crippen molar-refractivity contribution >= 4 is 44.9 Å². The lowest BCUT2D eigenvalue weighted by atomic mass is 9.79. The third-order valence-corrected chi connectivity index (χ3v) is 7.07. The Hall–Kier alpha value is -3.86. The Balaban J connectivity index is 1.21. The number of benzene rings is 1. The Morgan fingerprint density at radius 2 is 1.92 bits per heavy atom. The monoisotopic (exact) mass is 520 g/mol. The van der Waals surface area contributed by atoms with Crippen molar-refractivity contribution in [3.8, 4) is 11.4 Å². The molecule has 0 unspecified atom stereocenters. The predicted molar refractivity (Wildman–Crippen MR) is 141 cm³/mol. The molecule has 0 aliphatic heterocycles. The highest BCUT2D eigenvalue weighted by atomic mass is 32.1. The average molecular weight is 521 g/mol. The molecule has 2 N–H and O–H groups in total. The van der Waals surface area contributed by atoms with E-state index in [1.54, 1.807) is 20.0 Å². The van der Waals surface area contributed by atoms with Gasteiger partial charge in [0, 0.05) is 36.0 Å². The molecule has 1 saturated carbocycles. The molecule has 1 aliphatic rings. The molecule has 4 aromatic rings. The molecular formula is C26H28N6O4S. The maximum absolute atomic E-state index is 12.8. The first kappa shape index (κ1) is 24.8. The van der Waals surface area contributed by atoms with E-state index in [1.165, 1.54) is 0 Å². The van der Waals surface area contributed by atoms with Crippen LogP contribution in [-0.2, 0) is 9.53 Å². The van der Waals surface area contributed by atoms with Crippen molar-refractivity contribution in [1.29, 1.82) is 0 Å². The van der Waals surface area contributed by atoms with Gasteiger partial charge in [-0.1, -0.05) is 28.6 Å². The predicted octanol–water partition coefficient (Wildman–Crippen LogP) is 5.14. The largest absolute Gasteiger partial charge is 0.456 e. The molecule has 0 bridgehead atoms. The number of pyridine rings is 1. The number of thiazole rings is 1. The van der Waals surface area contributed by atoms with E-state index in [0.717, 1.165) is 33.5 Å². The SMILES string of the molecule is Cc1nc(-c2ccc3ccnc(NC4CC(C(=O)Nc5nc(C)c(C(=O)OC(C)(C)C)s5)C4)c3c2)no1. The number of amides is 1. The number of fused-ring (bicyclic) bond motifs is 1. The van der Waals surface area contributed by atoms with Crippen molar-refractivity contribution in [2.45, 2.75) is 59.1 Å². The lowest BCUT2D eigenvalue weighted by molar-refractivity contribution is -0.122. The summed E-state index contributed by atoms with van der Waals surface area (Å²) in [6, 6.07) is 8.01. The number of esters is 1. The van der Waals surface area contributed by atoms with Gasteiger partial charge in [-0.25, -0.2) is 14.8 Å². The molecular weight excluding hydrogens is 492 g/mol. The van der Waals surface area contributed by atoms with E-state index in [1.807, 2.05) is 45.0 Å². The van der Waals surface area contributed by atoms with E-state index in [0.29, 0.717) is 40.3 Å². The van der Waals surface area contributed by atoms with E-state index in [4.69, 9.17) is 9.26 Å². The van der Waals surface area contributed by atoms with Crippen molar-refractivity contribution < 1.29 is 18.8 Å². The van der Waals surface area contributed by atoms with E-state index in [-0.39, 0.29) is 17.9 Å². The van der Waals surface area contributed by atoms with Crippen molar-refractivity contribution in [2.75, 3.05) is 10.6 Å². The number of anilines is 2. The molecule has 11 heteroatoms. The summed E-state index contributed by atoms with van der Waals surface area (Å²) < 4.78 is 10.5. The summed E-state index contributed by atoms with van der Waals surface area (Å²) in [6.07, 6.45) is 3.09. The fourth-order valence-corrected chi connectivity index (χ4v) is 5.00. The number of aryl methyl sites for hydroxylation is 2. The molecule has 1 aromatic carbocycles. The lowest BCUT2D eigenvalue weighted by Gasteiger charge is -2.35. The van der Waals surface area contributed by atoms with Crippen LogP contribution in [-0.4, -0.2) is 43.6 Å². The minimum Gasteiger partial charge on any atom is -0.456 e. The molecule has 10 nitrogen and oxygen atoms in total. The van der Waals surface area contributed by atoms with Gasteiger partial charge in [0.1, 0.15) is 16.3 Å². The van der Waals surface area contributed by atoms with Gasteiger partial charge in [-0.2, -0.15) is 4.98 Å². The number of aromatic nitrogens is 4. The molecule has 192 valence electrons. The van der Waals surface area contributed by atoms with Crippen LogP contribution in [0.1, 0.15) is 54.9 Å². The zero-order valence-electron chi connectivity index (χ0n) is 21.3. The van der Waals surface area contributed by atoms with Crippen molar-refractivity contribution in [3.05, 3.63) is 46.9 Å². The molecule has 1 aliphatic carbocycles. The maximum atomic E-state index is 12.8. The van der Waals surface area contributed by atoms with Crippen LogP contribution in [0.25, 0.3) is 22.2 Å². The fourth-order valence-electron chi connectivity index (χ4n) is 4.15. The van der Waals surface area contributed by atoms with Gasteiger partial charge in [-0.05, 0) is 58.1 Å². The number of rotatable bonds is 6. The van der Waals surface area contributed by atoms with Gasteiger partial charge in [-0.15, -0.1) is 0 Å². The molecule has 0 radical (unpaired) electrons. The average Bonchev–Trinajstić information content (AvgIpc) is 3.39. The number of ether oxygens (including phenoxy) is 1. The van der Waals surface area contributed by atoms with Crippen molar-refractivity contribution in [1.82, 2.24) is 20.1 Å². The normalized spacial score (nSPS) is 17.3. The van der Waals surface area contributed by atoms with Crippen LogP contribution >= 0.6 is 11.3 Å². The second-order valence-electron chi connectivity index (χ2n) is 10.2. The second kappa shape index (κ2) is 9.55. The Morgan fingerprint density at radius 1 is 1.14 bits per heavy atom. The number of hydrogen-bond acceptors (Lipinski definition) is 10. The van der Waals surface area contributed by atoms with Gasteiger partial charge >= 0.3 is 5.97 Å². The first-order chi connectivity index (χ1) is 17.6. The van der Waals surface area contributed by atoms with Gasteiger partial charge in [-0.3, -0.25) is 4.79 Å². The fraction of sp³-hybridized carbons (Fsp3) is 0.385. The highest BCUT2D eigenvalue weighted by Gasteiger charge is 2.35. The molecule has 1 fully saturated rings. The summed E-state index contributed by atoms with van der Waals surface area (Å²) in [4.78, 5) is 38.8. The maximum Gasteiger partial charge on any atom is 0.350 e. The number of carbonyl (C=O) groups is 2. The first-order valence-corrected chi connectivity index (χ1v) is 12.8. The second-order valence-corrected chi connectivity index (χ2v) is 11.2. The zero-order valence-corrected chi connectivity index (χ0v) is 22.1. The summed E-state index contributed by atoms with van der Waals surface area (Å²) in [7, 11) is 0. The third kappa shape index (κ3) is 5.46. The van der Waals surface area contributed by atoms with E-state index in [9.17, 15) is 9.59 Å². The molecule has 1 amide bonds. The Bertz CT molecular complexity index is 1480. The zero-order chi connectivity index (χ0) is 26.3. The topological polar surface area (TPSA) is 132 Å². The van der Waals surface area contributed by atoms with Crippen LogP contribution in [0.2, 0.25) is 0 Å². The van der Waals surface area contributed by atoms with Crippen LogP contribution < -0.4 is 10.6 Å². The molecule has 37 heavy (non-hydrogen) atoms. The molecule has 0 saturated heterocycles. The summed E-state index contributed by atoms with van der Waals surface area (Å²) in [5.74, 6) is 1.09. The quantitative estimate of drug-likeness (QED) is 0.331. The molecule has 3 heterocycles. The molecule has 0 spiro atoms. The highest BCUT2D eigenvalue weighted by molar-refractivity contribution is 7.17. The summed E-state index contributed by atoms with van der Waals surface area (Å²) >= 11 is 1.13. The Kier molecular flexibility index (Phi) is 6.40. The molecule has 0 atom stereocenters. The number of carbonyl (C=O) groups excluding carboxylic acids is 2. The van der Waals surface area contributed by atoms with Gasteiger partial charge in [0.05, 0.1) is 5.69 Å². The van der Waals surface area contributed by atoms with E-state index in [2.05, 4.69) is 30.7 Å².